The SMILES string of the molecule is [O-][n+]1cc(-c2c(-n3cnnn3)ccc(Cl)c2F)ccc1C(CC1CC1)n1cc(-c2scnc2C(F)(F)F)cn1. The summed E-state index contributed by atoms with van der Waals surface area (Å²) in [7, 11) is 0. The van der Waals surface area contributed by atoms with Crippen molar-refractivity contribution < 1.29 is 22.3 Å². The molecule has 1 aliphatic carbocycles. The largest absolute Gasteiger partial charge is 0.618 e. The lowest BCUT2D eigenvalue weighted by Crippen LogP contribution is -2.35. The summed E-state index contributed by atoms with van der Waals surface area (Å²) in [5, 5.41) is 28.5. The highest BCUT2D eigenvalue weighted by molar-refractivity contribution is 7.13. The third-order valence-electron chi connectivity index (χ3n) is 6.52. The van der Waals surface area contributed by atoms with Crippen molar-refractivity contribution in [3.8, 4) is 27.3 Å². The molecule has 1 fully saturated rings. The smallest absolute Gasteiger partial charge is 0.434 e. The van der Waals surface area contributed by atoms with Crippen molar-refractivity contribution in [2.45, 2.75) is 31.5 Å². The van der Waals surface area contributed by atoms with Crippen LogP contribution in [-0.4, -0.2) is 35.0 Å². The van der Waals surface area contributed by atoms with Gasteiger partial charge in [-0.2, -0.15) is 27.7 Å². The second-order valence-corrected chi connectivity index (χ2v) is 10.4. The number of halogens is 5. The zero-order valence-electron chi connectivity index (χ0n) is 19.8. The molecule has 9 nitrogen and oxygen atoms in total. The number of hydrogen-bond donors (Lipinski definition) is 0. The van der Waals surface area contributed by atoms with Crippen molar-refractivity contribution in [1.82, 2.24) is 35.0 Å². The van der Waals surface area contributed by atoms with Gasteiger partial charge in [-0.05, 0) is 41.0 Å². The Morgan fingerprint density at radius 3 is 2.69 bits per heavy atom. The molecule has 4 heterocycles. The number of nitrogens with zero attached hydrogens (tertiary/aromatic N) is 8. The fraction of sp³-hybridized carbons (Fsp3) is 0.250. The summed E-state index contributed by atoms with van der Waals surface area (Å²) in [5.41, 5.74) is 1.29. The van der Waals surface area contributed by atoms with Crippen LogP contribution < -0.4 is 4.73 Å². The van der Waals surface area contributed by atoms with E-state index in [4.69, 9.17) is 11.6 Å². The van der Waals surface area contributed by atoms with E-state index in [1.54, 1.807) is 12.1 Å². The molecular weight excluding hydrogens is 560 g/mol. The molecule has 1 saturated carbocycles. The van der Waals surface area contributed by atoms with Gasteiger partial charge in [-0.15, -0.1) is 16.4 Å². The number of aromatic nitrogens is 8. The minimum atomic E-state index is -4.60. The van der Waals surface area contributed by atoms with Gasteiger partial charge in [0.05, 0.1) is 38.4 Å². The molecule has 0 spiro atoms. The Balaban J connectivity index is 1.39. The third-order valence-corrected chi connectivity index (χ3v) is 7.68. The summed E-state index contributed by atoms with van der Waals surface area (Å²) in [5.74, 6) is -0.387. The molecule has 0 bridgehead atoms. The van der Waals surface area contributed by atoms with E-state index in [2.05, 4.69) is 25.6 Å². The highest BCUT2D eigenvalue weighted by Crippen LogP contribution is 2.41. The predicted molar refractivity (Wildman–Crippen MR) is 132 cm³/mol. The van der Waals surface area contributed by atoms with E-state index in [9.17, 15) is 18.4 Å². The monoisotopic (exact) mass is 576 g/mol. The fourth-order valence-electron chi connectivity index (χ4n) is 4.49. The topological polar surface area (TPSA) is 101 Å². The fourth-order valence-corrected chi connectivity index (χ4v) is 5.43. The maximum atomic E-state index is 15.2. The third kappa shape index (κ3) is 4.85. The van der Waals surface area contributed by atoms with Crippen molar-refractivity contribution >= 4 is 22.9 Å². The second kappa shape index (κ2) is 9.68. The van der Waals surface area contributed by atoms with Gasteiger partial charge in [-0.25, -0.2) is 9.37 Å². The van der Waals surface area contributed by atoms with Crippen LogP contribution in [0.25, 0.3) is 27.3 Å². The maximum Gasteiger partial charge on any atom is 0.434 e. The molecule has 1 aliphatic rings. The Bertz CT molecular complexity index is 1650. The molecule has 0 amide bonds. The zero-order chi connectivity index (χ0) is 27.3. The van der Waals surface area contributed by atoms with E-state index >= 15 is 4.39 Å². The lowest BCUT2D eigenvalue weighted by atomic mass is 10.0. The molecule has 6 rings (SSSR count). The molecule has 5 aromatic rings. The van der Waals surface area contributed by atoms with Crippen molar-refractivity contribution in [2.24, 2.45) is 5.92 Å². The van der Waals surface area contributed by atoms with Crippen LogP contribution in [0.4, 0.5) is 17.6 Å². The number of tetrazole rings is 1. The molecule has 0 aliphatic heterocycles. The van der Waals surface area contributed by atoms with E-state index in [0.29, 0.717) is 22.8 Å². The molecule has 0 N–H and O–H groups in total. The van der Waals surface area contributed by atoms with Crippen LogP contribution in [0.3, 0.4) is 0 Å². The van der Waals surface area contributed by atoms with Crippen LogP contribution in [0.15, 0.2) is 54.7 Å². The second-order valence-electron chi connectivity index (χ2n) is 9.11. The molecule has 0 saturated heterocycles. The van der Waals surface area contributed by atoms with Crippen LogP contribution in [0.1, 0.15) is 36.7 Å². The minimum Gasteiger partial charge on any atom is -0.618 e. The van der Waals surface area contributed by atoms with E-state index in [0.717, 1.165) is 29.7 Å². The first-order valence-corrected chi connectivity index (χ1v) is 13.0. The molecule has 200 valence electrons. The van der Waals surface area contributed by atoms with E-state index in [-0.39, 0.29) is 32.3 Å². The zero-order valence-corrected chi connectivity index (χ0v) is 21.3. The summed E-state index contributed by atoms with van der Waals surface area (Å²) >= 11 is 6.91. The number of alkyl halides is 3. The summed E-state index contributed by atoms with van der Waals surface area (Å²) in [6.45, 7) is 0. The van der Waals surface area contributed by atoms with Gasteiger partial charge in [0.15, 0.2) is 17.7 Å². The van der Waals surface area contributed by atoms with Crippen LogP contribution in [0.2, 0.25) is 5.02 Å². The molecule has 39 heavy (non-hydrogen) atoms. The van der Waals surface area contributed by atoms with Gasteiger partial charge in [-0.1, -0.05) is 24.4 Å². The van der Waals surface area contributed by atoms with Crippen LogP contribution >= 0.6 is 22.9 Å². The summed E-state index contributed by atoms with van der Waals surface area (Å²) in [6.07, 6.45) is 3.29. The van der Waals surface area contributed by atoms with E-state index in [1.807, 2.05) is 0 Å². The Kier molecular flexibility index (Phi) is 6.30. The molecule has 15 heteroatoms. The van der Waals surface area contributed by atoms with Crippen molar-refractivity contribution in [2.75, 3.05) is 0 Å². The summed E-state index contributed by atoms with van der Waals surface area (Å²) in [4.78, 5) is 3.43. The lowest BCUT2D eigenvalue weighted by Gasteiger charge is -2.18. The van der Waals surface area contributed by atoms with Crippen molar-refractivity contribution in [1.29, 1.82) is 0 Å². The van der Waals surface area contributed by atoms with Gasteiger partial charge in [0.2, 0.25) is 5.69 Å². The average molecular weight is 577 g/mol. The lowest BCUT2D eigenvalue weighted by molar-refractivity contribution is -0.615. The van der Waals surface area contributed by atoms with Gasteiger partial charge in [-0.3, -0.25) is 4.68 Å². The first-order valence-electron chi connectivity index (χ1n) is 11.7. The van der Waals surface area contributed by atoms with Gasteiger partial charge in [0.25, 0.3) is 0 Å². The Morgan fingerprint density at radius 1 is 1.18 bits per heavy atom. The van der Waals surface area contributed by atoms with E-state index in [1.165, 1.54) is 46.4 Å². The van der Waals surface area contributed by atoms with Gasteiger partial charge in [0.1, 0.15) is 12.4 Å². The molecule has 4 aromatic heterocycles. The Morgan fingerprint density at radius 2 is 2.00 bits per heavy atom. The minimum absolute atomic E-state index is 0.0379. The van der Waals surface area contributed by atoms with Crippen molar-refractivity contribution in [3.05, 3.63) is 82.1 Å². The average Bonchev–Trinajstić information content (AvgIpc) is 3.32. The normalized spacial score (nSPS) is 14.6. The maximum absolute atomic E-state index is 15.2. The van der Waals surface area contributed by atoms with Crippen LogP contribution in [0, 0.1) is 16.9 Å². The number of hydrogen-bond acceptors (Lipinski definition) is 7. The number of rotatable bonds is 7. The Hall–Kier alpha value is -3.91. The van der Waals surface area contributed by atoms with Gasteiger partial charge < -0.3 is 5.21 Å². The molecule has 1 unspecified atom stereocenters. The summed E-state index contributed by atoms with van der Waals surface area (Å²) in [6, 6.07) is 5.50. The van der Waals surface area contributed by atoms with Crippen LogP contribution in [-0.2, 0) is 6.18 Å². The molecule has 1 aromatic carbocycles. The predicted octanol–water partition coefficient (Wildman–Crippen LogP) is 5.48. The molecule has 0 radical (unpaired) electrons. The number of pyridine rings is 1. The molecular formula is C24H17ClF4N8OS. The van der Waals surface area contributed by atoms with Crippen LogP contribution in [0.5, 0.6) is 0 Å². The summed E-state index contributed by atoms with van der Waals surface area (Å²) < 4.78 is 58.8. The van der Waals surface area contributed by atoms with Gasteiger partial charge >= 0.3 is 6.18 Å². The number of thiazole rings is 1. The van der Waals surface area contributed by atoms with Gasteiger partial charge in [0, 0.05) is 17.8 Å². The quantitative estimate of drug-likeness (QED) is 0.144. The van der Waals surface area contributed by atoms with Crippen molar-refractivity contribution in [3.63, 3.8) is 0 Å². The number of benzene rings is 1. The standard InChI is InChI=1S/C24H17ClF4N8OS/c25-16-4-6-18(36-11-31-33-34-36)20(21(16)26)14-3-5-17(37(38)10-14)19(7-13-1-2-13)35-9-15(8-32-35)22-23(24(27,28)29)30-12-39-22/h3-6,8-13,19H,1-2,7H2. The molecule has 1 atom stereocenters. The Labute approximate surface area is 226 Å². The first kappa shape index (κ1) is 25.4. The van der Waals surface area contributed by atoms with E-state index < -0.39 is 23.7 Å². The highest BCUT2D eigenvalue weighted by Gasteiger charge is 2.38. The first-order chi connectivity index (χ1) is 18.7. The highest BCUT2D eigenvalue weighted by atomic mass is 35.5.